The highest BCUT2D eigenvalue weighted by atomic mass is 19.1. The molecule has 2 aliphatic rings. The number of amides is 4. The van der Waals surface area contributed by atoms with Crippen molar-refractivity contribution in [1.29, 1.82) is 0 Å². The normalized spacial score (nSPS) is 15.8. The molecule has 0 unspecified atom stereocenters. The molecule has 0 aliphatic carbocycles. The molecule has 1 saturated heterocycles. The van der Waals surface area contributed by atoms with E-state index in [2.05, 4.69) is 10.6 Å². The van der Waals surface area contributed by atoms with Gasteiger partial charge in [-0.2, -0.15) is 0 Å². The molecule has 4 rings (SSSR count). The molecule has 2 aromatic rings. The lowest BCUT2D eigenvalue weighted by molar-refractivity contribution is -0.136. The number of anilines is 2. The van der Waals surface area contributed by atoms with Crippen LogP contribution >= 0.6 is 0 Å². The fourth-order valence-corrected chi connectivity index (χ4v) is 4.84. The molecule has 9 heteroatoms. The summed E-state index contributed by atoms with van der Waals surface area (Å²) in [5.41, 5.74) is 2.34. The van der Waals surface area contributed by atoms with Crippen molar-refractivity contribution in [2.24, 2.45) is 11.8 Å². The third kappa shape index (κ3) is 6.15. The lowest BCUT2D eigenvalue weighted by Gasteiger charge is -2.32. The van der Waals surface area contributed by atoms with E-state index in [1.54, 1.807) is 34.1 Å². The van der Waals surface area contributed by atoms with E-state index in [1.165, 1.54) is 12.1 Å². The second-order valence-corrected chi connectivity index (χ2v) is 9.97. The fourth-order valence-electron chi connectivity index (χ4n) is 4.84. The molecule has 196 valence electrons. The van der Waals surface area contributed by atoms with Crippen molar-refractivity contribution in [2.75, 3.05) is 36.4 Å². The van der Waals surface area contributed by atoms with E-state index in [9.17, 15) is 23.6 Å². The van der Waals surface area contributed by atoms with Crippen molar-refractivity contribution in [3.05, 3.63) is 59.4 Å². The van der Waals surface area contributed by atoms with Gasteiger partial charge in [-0.15, -0.1) is 0 Å². The van der Waals surface area contributed by atoms with Crippen molar-refractivity contribution in [3.63, 3.8) is 0 Å². The number of fused-ring (bicyclic) bond motifs is 1. The highest BCUT2D eigenvalue weighted by Crippen LogP contribution is 2.31. The monoisotopic (exact) mass is 508 g/mol. The predicted molar refractivity (Wildman–Crippen MR) is 139 cm³/mol. The van der Waals surface area contributed by atoms with Crippen LogP contribution in [0.4, 0.5) is 15.8 Å². The van der Waals surface area contributed by atoms with Crippen molar-refractivity contribution in [1.82, 2.24) is 10.2 Å². The van der Waals surface area contributed by atoms with Crippen LogP contribution in [0.25, 0.3) is 0 Å². The van der Waals surface area contributed by atoms with E-state index >= 15 is 0 Å². The van der Waals surface area contributed by atoms with Crippen LogP contribution in [0.3, 0.4) is 0 Å². The van der Waals surface area contributed by atoms with E-state index in [0.717, 1.165) is 24.1 Å². The van der Waals surface area contributed by atoms with Gasteiger partial charge in [-0.25, -0.2) is 4.39 Å². The molecule has 0 saturated carbocycles. The van der Waals surface area contributed by atoms with Gasteiger partial charge in [0.1, 0.15) is 5.82 Å². The second kappa shape index (κ2) is 11.5. The van der Waals surface area contributed by atoms with Gasteiger partial charge < -0.3 is 20.4 Å². The Kier molecular flexibility index (Phi) is 8.21. The van der Waals surface area contributed by atoms with Crippen LogP contribution in [0.5, 0.6) is 0 Å². The molecular weight excluding hydrogens is 475 g/mol. The first-order chi connectivity index (χ1) is 17.7. The van der Waals surface area contributed by atoms with Crippen LogP contribution in [0.1, 0.15) is 49.0 Å². The summed E-state index contributed by atoms with van der Waals surface area (Å²) in [6.45, 7) is 5.58. The largest absolute Gasteiger partial charge is 0.348 e. The summed E-state index contributed by atoms with van der Waals surface area (Å²) >= 11 is 0. The van der Waals surface area contributed by atoms with Crippen molar-refractivity contribution >= 4 is 35.0 Å². The molecule has 2 heterocycles. The standard InChI is InChI=1S/C28H33FN4O4/c1-18(2)27(36)33-13-5-6-20-9-10-21(16-24(20)33)31-26(35)25(34)30-17-19-11-14-32(15-12-19)28(37)22-7-3-4-8-23(22)29/h3-4,7-10,16,18-19H,5-6,11-15,17H2,1-2H3,(H,30,34)(H,31,35). The van der Waals surface area contributed by atoms with Crippen LogP contribution in [0.15, 0.2) is 42.5 Å². The average Bonchev–Trinajstić information content (AvgIpc) is 2.91. The molecule has 8 nitrogen and oxygen atoms in total. The first-order valence-corrected chi connectivity index (χ1v) is 12.8. The molecule has 4 amide bonds. The first kappa shape index (κ1) is 26.3. The van der Waals surface area contributed by atoms with Crippen LogP contribution < -0.4 is 15.5 Å². The number of carbonyl (C=O) groups excluding carboxylic acids is 4. The molecule has 37 heavy (non-hydrogen) atoms. The fraction of sp³-hybridized carbons (Fsp3) is 0.429. The number of rotatable bonds is 5. The molecule has 2 N–H and O–H groups in total. The number of likely N-dealkylation sites (tertiary alicyclic amines) is 1. The quantitative estimate of drug-likeness (QED) is 0.605. The first-order valence-electron chi connectivity index (χ1n) is 12.8. The molecular formula is C28H33FN4O4. The molecule has 0 aromatic heterocycles. The van der Waals surface area contributed by atoms with Gasteiger partial charge in [-0.1, -0.05) is 32.0 Å². The van der Waals surface area contributed by atoms with Crippen molar-refractivity contribution in [3.8, 4) is 0 Å². The molecule has 0 spiro atoms. The Morgan fingerprint density at radius 2 is 1.73 bits per heavy atom. The Morgan fingerprint density at radius 1 is 1.00 bits per heavy atom. The number of hydrogen-bond donors (Lipinski definition) is 2. The zero-order chi connectivity index (χ0) is 26.5. The number of halogens is 1. The number of nitrogens with one attached hydrogen (secondary N) is 2. The number of nitrogens with zero attached hydrogens (tertiary/aromatic N) is 2. The lowest BCUT2D eigenvalue weighted by Crippen LogP contribution is -2.43. The zero-order valence-corrected chi connectivity index (χ0v) is 21.3. The van der Waals surface area contributed by atoms with E-state index in [1.807, 2.05) is 19.9 Å². The number of piperidine rings is 1. The SMILES string of the molecule is CC(C)C(=O)N1CCCc2ccc(NC(=O)C(=O)NCC3CCN(C(=O)c4ccccc4F)CC3)cc21. The summed E-state index contributed by atoms with van der Waals surface area (Å²) in [5, 5.41) is 5.32. The summed E-state index contributed by atoms with van der Waals surface area (Å²) < 4.78 is 13.9. The third-order valence-corrected chi connectivity index (χ3v) is 6.99. The van der Waals surface area contributed by atoms with Gasteiger partial charge in [-0.3, -0.25) is 19.2 Å². The molecule has 0 atom stereocenters. The molecule has 2 aliphatic heterocycles. The van der Waals surface area contributed by atoms with E-state index in [-0.39, 0.29) is 29.2 Å². The highest BCUT2D eigenvalue weighted by Gasteiger charge is 2.27. The summed E-state index contributed by atoms with van der Waals surface area (Å²) in [7, 11) is 0. The number of hydrogen-bond acceptors (Lipinski definition) is 4. The van der Waals surface area contributed by atoms with Gasteiger partial charge in [0, 0.05) is 43.5 Å². The molecule has 0 bridgehead atoms. The Hall–Kier alpha value is -3.75. The van der Waals surface area contributed by atoms with Crippen molar-refractivity contribution in [2.45, 2.75) is 39.5 Å². The van der Waals surface area contributed by atoms with Crippen LogP contribution in [-0.4, -0.2) is 54.7 Å². The summed E-state index contributed by atoms with van der Waals surface area (Å²) in [5.74, 6) is -2.38. The molecule has 1 fully saturated rings. The zero-order valence-electron chi connectivity index (χ0n) is 21.3. The molecule has 2 aromatic carbocycles. The van der Waals surface area contributed by atoms with Crippen LogP contribution in [-0.2, 0) is 20.8 Å². The number of benzene rings is 2. The Balaban J connectivity index is 1.27. The maximum absolute atomic E-state index is 13.9. The minimum atomic E-state index is -0.773. The van der Waals surface area contributed by atoms with E-state index in [4.69, 9.17) is 0 Å². The number of aryl methyl sites for hydroxylation is 1. The molecule has 0 radical (unpaired) electrons. The highest BCUT2D eigenvalue weighted by molar-refractivity contribution is 6.39. The Morgan fingerprint density at radius 3 is 2.43 bits per heavy atom. The Labute approximate surface area is 216 Å². The van der Waals surface area contributed by atoms with Gasteiger partial charge in [0.2, 0.25) is 5.91 Å². The van der Waals surface area contributed by atoms with Gasteiger partial charge in [0.15, 0.2) is 0 Å². The van der Waals surface area contributed by atoms with Gasteiger partial charge >= 0.3 is 11.8 Å². The second-order valence-electron chi connectivity index (χ2n) is 9.97. The topological polar surface area (TPSA) is 98.8 Å². The number of carbonyl (C=O) groups is 4. The lowest BCUT2D eigenvalue weighted by atomic mass is 9.96. The van der Waals surface area contributed by atoms with Gasteiger partial charge in [0.05, 0.1) is 5.56 Å². The maximum atomic E-state index is 13.9. The van der Waals surface area contributed by atoms with E-state index in [0.29, 0.717) is 44.7 Å². The third-order valence-electron chi connectivity index (χ3n) is 6.99. The van der Waals surface area contributed by atoms with E-state index < -0.39 is 17.6 Å². The average molecular weight is 509 g/mol. The van der Waals surface area contributed by atoms with Crippen LogP contribution in [0.2, 0.25) is 0 Å². The minimum Gasteiger partial charge on any atom is -0.348 e. The van der Waals surface area contributed by atoms with Gasteiger partial charge in [0.25, 0.3) is 5.91 Å². The maximum Gasteiger partial charge on any atom is 0.313 e. The summed E-state index contributed by atoms with van der Waals surface area (Å²) in [6, 6.07) is 11.3. The summed E-state index contributed by atoms with van der Waals surface area (Å²) in [6.07, 6.45) is 3.03. The smallest absolute Gasteiger partial charge is 0.313 e. The summed E-state index contributed by atoms with van der Waals surface area (Å²) in [4.78, 5) is 53.5. The minimum absolute atomic E-state index is 0.0313. The van der Waals surface area contributed by atoms with Crippen LogP contribution in [0, 0.1) is 17.7 Å². The van der Waals surface area contributed by atoms with Gasteiger partial charge in [-0.05, 0) is 61.4 Å². The Bertz CT molecular complexity index is 1190. The van der Waals surface area contributed by atoms with Crippen molar-refractivity contribution < 1.29 is 23.6 Å². The predicted octanol–water partition coefficient (Wildman–Crippen LogP) is 3.37.